The van der Waals surface area contributed by atoms with Crippen molar-refractivity contribution in [2.45, 2.75) is 19.6 Å². The predicted octanol–water partition coefficient (Wildman–Crippen LogP) is 1.13. The summed E-state index contributed by atoms with van der Waals surface area (Å²) in [5, 5.41) is 0. The largest absolute Gasteiger partial charge is 0.490 e. The van der Waals surface area contributed by atoms with Crippen LogP contribution in [0.5, 0.6) is 5.75 Å². The molecule has 0 aromatic carbocycles. The van der Waals surface area contributed by atoms with Gasteiger partial charge in [0.25, 0.3) is 0 Å². The summed E-state index contributed by atoms with van der Waals surface area (Å²) in [6, 6.07) is 0.991. The van der Waals surface area contributed by atoms with Crippen LogP contribution in [-0.2, 0) is 16.1 Å². The summed E-state index contributed by atoms with van der Waals surface area (Å²) >= 11 is 1.89. The average Bonchev–Trinajstić information content (AvgIpc) is 2.52. The Kier molecular flexibility index (Phi) is 5.69. The summed E-state index contributed by atoms with van der Waals surface area (Å²) in [7, 11) is 1.39. The molecule has 7 heteroatoms. The molecule has 1 saturated heterocycles. The van der Waals surface area contributed by atoms with E-state index in [0.717, 1.165) is 24.6 Å². The fraction of sp³-hybridized carbons (Fsp3) is 0.571. The first-order valence-electron chi connectivity index (χ1n) is 6.76. The second-order valence-electron chi connectivity index (χ2n) is 4.71. The van der Waals surface area contributed by atoms with E-state index >= 15 is 0 Å². The van der Waals surface area contributed by atoms with Gasteiger partial charge in [-0.1, -0.05) is 0 Å². The Morgan fingerprint density at radius 1 is 1.48 bits per heavy atom. The molecular formula is C14H19NO5S. The number of thioether (sulfide) groups is 1. The van der Waals surface area contributed by atoms with Gasteiger partial charge in [0.15, 0.2) is 0 Å². The van der Waals surface area contributed by atoms with Gasteiger partial charge in [-0.25, -0.2) is 0 Å². The minimum absolute atomic E-state index is 0.0506. The minimum Gasteiger partial charge on any atom is -0.490 e. The Labute approximate surface area is 127 Å². The number of hydrogen-bond acceptors (Lipinski definition) is 7. The summed E-state index contributed by atoms with van der Waals surface area (Å²) in [6.07, 6.45) is 1.22. The van der Waals surface area contributed by atoms with Crippen molar-refractivity contribution in [3.8, 4) is 5.75 Å². The van der Waals surface area contributed by atoms with Gasteiger partial charge < -0.3 is 13.9 Å². The molecule has 1 aromatic heterocycles. The molecule has 0 radical (unpaired) electrons. The Bertz CT molecular complexity index is 538. The molecule has 1 aromatic rings. The van der Waals surface area contributed by atoms with Crippen LogP contribution in [-0.4, -0.2) is 48.6 Å². The number of carbonyl (C=O) groups is 1. The Morgan fingerprint density at radius 2 is 2.19 bits per heavy atom. The number of hydrogen-bond donors (Lipinski definition) is 0. The third kappa shape index (κ3) is 4.25. The van der Waals surface area contributed by atoms with Crippen LogP contribution in [0.25, 0.3) is 0 Å². The zero-order chi connectivity index (χ0) is 15.2. The molecule has 0 spiro atoms. The zero-order valence-corrected chi connectivity index (χ0v) is 13.0. The third-order valence-corrected chi connectivity index (χ3v) is 4.31. The highest BCUT2D eigenvalue weighted by atomic mass is 32.2. The fourth-order valence-corrected chi connectivity index (χ4v) is 2.97. The molecule has 1 aliphatic rings. The van der Waals surface area contributed by atoms with Crippen molar-refractivity contribution in [2.75, 3.05) is 31.7 Å². The number of ether oxygens (including phenoxy) is 2. The van der Waals surface area contributed by atoms with Gasteiger partial charge in [-0.05, 0) is 6.92 Å². The molecule has 0 N–H and O–H groups in total. The molecular weight excluding hydrogens is 294 g/mol. The van der Waals surface area contributed by atoms with Gasteiger partial charge in [0, 0.05) is 30.7 Å². The zero-order valence-electron chi connectivity index (χ0n) is 12.2. The van der Waals surface area contributed by atoms with Crippen molar-refractivity contribution >= 4 is 17.7 Å². The molecule has 2 heterocycles. The van der Waals surface area contributed by atoms with E-state index in [1.54, 1.807) is 0 Å². The van der Waals surface area contributed by atoms with E-state index < -0.39 is 0 Å². The number of methoxy groups -OCH3 is 1. The third-order valence-electron chi connectivity index (χ3n) is 3.36. The van der Waals surface area contributed by atoms with Crippen LogP contribution in [0.2, 0.25) is 0 Å². The van der Waals surface area contributed by atoms with Crippen LogP contribution in [0.15, 0.2) is 21.5 Å². The predicted molar refractivity (Wildman–Crippen MR) is 79.7 cm³/mol. The number of nitrogens with zero attached hydrogens (tertiary/aromatic N) is 1. The smallest absolute Gasteiger partial charge is 0.323 e. The molecule has 1 atom stereocenters. The van der Waals surface area contributed by atoms with Gasteiger partial charge in [0.2, 0.25) is 11.2 Å². The van der Waals surface area contributed by atoms with Crippen molar-refractivity contribution in [1.29, 1.82) is 0 Å². The second kappa shape index (κ2) is 7.51. The molecule has 1 unspecified atom stereocenters. The maximum atomic E-state index is 12.0. The first kappa shape index (κ1) is 15.9. The highest BCUT2D eigenvalue weighted by Gasteiger charge is 2.24. The molecule has 1 aliphatic heterocycles. The van der Waals surface area contributed by atoms with Gasteiger partial charge in [-0.2, -0.15) is 11.8 Å². The molecule has 1 fully saturated rings. The molecule has 116 valence electrons. The molecule has 0 saturated carbocycles. The van der Waals surface area contributed by atoms with E-state index in [4.69, 9.17) is 13.9 Å². The summed E-state index contributed by atoms with van der Waals surface area (Å²) < 4.78 is 15.2. The van der Waals surface area contributed by atoms with Crippen molar-refractivity contribution in [2.24, 2.45) is 0 Å². The molecule has 0 aliphatic carbocycles. The quantitative estimate of drug-likeness (QED) is 0.755. The summed E-state index contributed by atoms with van der Waals surface area (Å²) in [6.45, 7) is 3.56. The lowest BCUT2D eigenvalue weighted by molar-refractivity contribution is -0.151. The van der Waals surface area contributed by atoms with Crippen molar-refractivity contribution in [1.82, 2.24) is 4.90 Å². The van der Waals surface area contributed by atoms with Crippen molar-refractivity contribution in [3.63, 3.8) is 0 Å². The second-order valence-corrected chi connectivity index (χ2v) is 5.94. The lowest BCUT2D eigenvalue weighted by atomic mass is 10.3. The first-order chi connectivity index (χ1) is 10.1. The van der Waals surface area contributed by atoms with Gasteiger partial charge >= 0.3 is 5.97 Å². The van der Waals surface area contributed by atoms with Crippen LogP contribution < -0.4 is 10.2 Å². The maximum Gasteiger partial charge on any atom is 0.323 e. The topological polar surface area (TPSA) is 69.0 Å². The van der Waals surface area contributed by atoms with Gasteiger partial charge in [-0.15, -0.1) is 0 Å². The molecule has 2 rings (SSSR count). The average molecular weight is 313 g/mol. The maximum absolute atomic E-state index is 12.0. The number of carbonyl (C=O) groups excluding carboxylic acids is 1. The lowest BCUT2D eigenvalue weighted by Gasteiger charge is -2.30. The minimum atomic E-state index is -0.305. The Morgan fingerprint density at radius 3 is 2.81 bits per heavy atom. The van der Waals surface area contributed by atoms with Crippen LogP contribution in [0.3, 0.4) is 0 Å². The monoisotopic (exact) mass is 313 g/mol. The normalized spacial score (nSPS) is 17.2. The molecule has 0 amide bonds. The highest BCUT2D eigenvalue weighted by Crippen LogP contribution is 2.13. The van der Waals surface area contributed by atoms with E-state index in [9.17, 15) is 9.59 Å². The Balaban J connectivity index is 1.88. The van der Waals surface area contributed by atoms with Crippen molar-refractivity contribution in [3.05, 3.63) is 28.3 Å². The van der Waals surface area contributed by atoms with Gasteiger partial charge in [-0.3, -0.25) is 14.5 Å². The molecule has 6 nitrogen and oxygen atoms in total. The number of esters is 1. The van der Waals surface area contributed by atoms with Crippen LogP contribution >= 0.6 is 11.8 Å². The summed E-state index contributed by atoms with van der Waals surface area (Å²) in [5.41, 5.74) is -0.295. The van der Waals surface area contributed by atoms with Crippen LogP contribution in [0.4, 0.5) is 0 Å². The van der Waals surface area contributed by atoms with Gasteiger partial charge in [0.1, 0.15) is 24.7 Å². The van der Waals surface area contributed by atoms with Gasteiger partial charge in [0.05, 0.1) is 7.11 Å². The standard InChI is InChI=1S/C14H19NO5S/c1-10(15-3-5-21-6-4-15)14(17)20-8-11-7-12(16)13(18-2)9-19-11/h7,9-10H,3-6,8H2,1-2H3. The van der Waals surface area contributed by atoms with E-state index in [1.165, 1.54) is 19.4 Å². The number of rotatable bonds is 5. The fourth-order valence-electron chi connectivity index (χ4n) is 2.04. The van der Waals surface area contributed by atoms with E-state index in [1.807, 2.05) is 18.7 Å². The van der Waals surface area contributed by atoms with E-state index in [2.05, 4.69) is 4.90 Å². The SMILES string of the molecule is COc1coc(COC(=O)C(C)N2CCSCC2)cc1=O. The first-order valence-corrected chi connectivity index (χ1v) is 7.91. The molecule has 0 bridgehead atoms. The van der Waals surface area contributed by atoms with Crippen molar-refractivity contribution < 1.29 is 18.7 Å². The summed E-state index contributed by atoms with van der Waals surface area (Å²) in [5.74, 6) is 2.19. The lowest BCUT2D eigenvalue weighted by Crippen LogP contribution is -2.44. The Hall–Kier alpha value is -1.47. The van der Waals surface area contributed by atoms with Crippen LogP contribution in [0, 0.1) is 0 Å². The van der Waals surface area contributed by atoms with E-state index in [-0.39, 0.29) is 29.8 Å². The molecule has 21 heavy (non-hydrogen) atoms. The summed E-state index contributed by atoms with van der Waals surface area (Å²) in [4.78, 5) is 25.7. The van der Waals surface area contributed by atoms with E-state index in [0.29, 0.717) is 5.76 Å². The highest BCUT2D eigenvalue weighted by molar-refractivity contribution is 7.99. The van der Waals surface area contributed by atoms with Crippen LogP contribution in [0.1, 0.15) is 12.7 Å².